The lowest BCUT2D eigenvalue weighted by Crippen LogP contribution is -2.20. The number of rotatable bonds is 6. The van der Waals surface area contributed by atoms with Crippen molar-refractivity contribution in [1.29, 1.82) is 0 Å². The zero-order valence-electron chi connectivity index (χ0n) is 14.2. The third-order valence-electron chi connectivity index (χ3n) is 3.35. The summed E-state index contributed by atoms with van der Waals surface area (Å²) in [4.78, 5) is 1.35. The lowest BCUT2D eigenvalue weighted by atomic mass is 10.2. The van der Waals surface area contributed by atoms with Crippen molar-refractivity contribution in [3.05, 3.63) is 71.8 Å². The van der Waals surface area contributed by atoms with Gasteiger partial charge in [0.25, 0.3) is 0 Å². The third-order valence-corrected chi connectivity index (χ3v) is 4.35. The normalized spacial score (nSPS) is 11.0. The highest BCUT2D eigenvalue weighted by molar-refractivity contribution is 7.80. The molecule has 0 atom stereocenters. The van der Waals surface area contributed by atoms with Crippen molar-refractivity contribution in [1.82, 2.24) is 10.0 Å². The molecular formula is C19H20N4S2. The van der Waals surface area contributed by atoms with E-state index in [4.69, 9.17) is 24.4 Å². The molecule has 4 nitrogen and oxygen atoms in total. The van der Waals surface area contributed by atoms with Crippen molar-refractivity contribution in [2.45, 2.75) is 6.42 Å². The van der Waals surface area contributed by atoms with E-state index in [1.165, 1.54) is 0 Å². The summed E-state index contributed by atoms with van der Waals surface area (Å²) in [7, 11) is 3.67. The molecule has 128 valence electrons. The molecular weight excluding hydrogens is 348 g/mol. The van der Waals surface area contributed by atoms with E-state index in [9.17, 15) is 0 Å². The third kappa shape index (κ3) is 5.85. The predicted molar refractivity (Wildman–Crippen MR) is 113 cm³/mol. The molecule has 6 heteroatoms. The average Bonchev–Trinajstić information content (AvgIpc) is 2.67. The molecule has 2 aromatic carbocycles. The summed E-state index contributed by atoms with van der Waals surface area (Å²) in [6.07, 6.45) is 4.11. The fraction of sp³-hybridized carbons (Fsp3) is 0.158. The Labute approximate surface area is 159 Å². The minimum absolute atomic E-state index is 0.587. The van der Waals surface area contributed by atoms with Gasteiger partial charge in [-0.1, -0.05) is 85.1 Å². The molecule has 0 fully saturated rings. The van der Waals surface area contributed by atoms with Crippen LogP contribution in [0.2, 0.25) is 0 Å². The van der Waals surface area contributed by atoms with Crippen LogP contribution in [0.4, 0.5) is 0 Å². The monoisotopic (exact) mass is 368 g/mol. The summed E-state index contributed by atoms with van der Waals surface area (Å²) in [5.74, 6) is 0. The molecule has 0 aromatic heterocycles. The van der Waals surface area contributed by atoms with E-state index < -0.39 is 0 Å². The Morgan fingerprint density at radius 3 is 1.48 bits per heavy atom. The first kappa shape index (κ1) is 18.9. The molecule has 0 amide bonds. The van der Waals surface area contributed by atoms with Gasteiger partial charge in [-0.15, -0.1) is 0 Å². The molecule has 0 aliphatic rings. The molecule has 0 bridgehead atoms. The van der Waals surface area contributed by atoms with Gasteiger partial charge in [0.1, 0.15) is 9.98 Å². The molecule has 0 unspecified atom stereocenters. The van der Waals surface area contributed by atoms with Gasteiger partial charge in [-0.05, 0) is 0 Å². The van der Waals surface area contributed by atoms with Crippen molar-refractivity contribution in [3.63, 3.8) is 0 Å². The molecule has 0 N–H and O–H groups in total. The van der Waals surface area contributed by atoms with E-state index in [1.54, 1.807) is 22.4 Å². The van der Waals surface area contributed by atoms with Gasteiger partial charge in [0.05, 0.1) is 0 Å². The zero-order valence-corrected chi connectivity index (χ0v) is 15.9. The van der Waals surface area contributed by atoms with Crippen molar-refractivity contribution >= 4 is 46.8 Å². The predicted octanol–water partition coefficient (Wildman–Crippen LogP) is 3.96. The topological polar surface area (TPSA) is 31.2 Å². The highest BCUT2D eigenvalue weighted by Crippen LogP contribution is 2.05. The van der Waals surface area contributed by atoms with Crippen LogP contribution in [0.3, 0.4) is 0 Å². The largest absolute Gasteiger partial charge is 0.257 e. The van der Waals surface area contributed by atoms with Crippen LogP contribution in [0.25, 0.3) is 0 Å². The molecule has 25 heavy (non-hydrogen) atoms. The van der Waals surface area contributed by atoms with Crippen molar-refractivity contribution in [2.75, 3.05) is 14.1 Å². The maximum atomic E-state index is 5.40. The maximum Gasteiger partial charge on any atom is 0.129 e. The summed E-state index contributed by atoms with van der Waals surface area (Å²) in [5, 5.41) is 12.0. The van der Waals surface area contributed by atoms with E-state index in [2.05, 4.69) is 10.2 Å². The van der Waals surface area contributed by atoms with Gasteiger partial charge in [-0.2, -0.15) is 10.2 Å². The van der Waals surface area contributed by atoms with Crippen LogP contribution in [-0.4, -0.2) is 46.5 Å². The smallest absolute Gasteiger partial charge is 0.129 e. The molecule has 0 saturated heterocycles. The first-order valence-corrected chi connectivity index (χ1v) is 8.62. The zero-order chi connectivity index (χ0) is 18.1. The van der Waals surface area contributed by atoms with Gasteiger partial charge in [0.2, 0.25) is 0 Å². The Hall–Kier alpha value is -2.44. The standard InChI is InChI=1S/C19H20N4S2/c1-22(18(24)16-10-5-3-6-11-16)20-14-9-15-21-23(2)19(25)17-12-7-4-8-13-17/h3-8,10-15H,9H2,1-2H3/b20-14+,21-15+. The van der Waals surface area contributed by atoms with E-state index in [0.29, 0.717) is 16.4 Å². The van der Waals surface area contributed by atoms with Gasteiger partial charge in [0.15, 0.2) is 0 Å². The molecule has 2 rings (SSSR count). The fourth-order valence-electron chi connectivity index (χ4n) is 2.03. The summed E-state index contributed by atoms with van der Waals surface area (Å²) in [5.41, 5.74) is 1.94. The van der Waals surface area contributed by atoms with Crippen LogP contribution in [0.5, 0.6) is 0 Å². The number of hydrogen-bond donors (Lipinski definition) is 0. The van der Waals surface area contributed by atoms with Gasteiger partial charge in [-0.3, -0.25) is 10.0 Å². The van der Waals surface area contributed by atoms with E-state index in [1.807, 2.05) is 74.8 Å². The minimum Gasteiger partial charge on any atom is -0.257 e. The first-order chi connectivity index (χ1) is 12.1. The van der Waals surface area contributed by atoms with Crippen LogP contribution in [0.15, 0.2) is 70.9 Å². The lowest BCUT2D eigenvalue weighted by Gasteiger charge is -2.14. The Bertz CT molecular complexity index is 692. The molecule has 0 saturated carbocycles. The fourth-order valence-corrected chi connectivity index (χ4v) is 2.39. The second-order valence-corrected chi connectivity index (χ2v) is 5.99. The summed E-state index contributed by atoms with van der Waals surface area (Å²) >= 11 is 10.8. The Kier molecular flexibility index (Phi) is 7.37. The molecule has 0 spiro atoms. The summed E-state index contributed by atoms with van der Waals surface area (Å²) in [6.45, 7) is 0. The second-order valence-electron chi connectivity index (χ2n) is 5.22. The lowest BCUT2D eigenvalue weighted by molar-refractivity contribution is 0.555. The number of thiocarbonyl (C=S) groups is 2. The van der Waals surface area contributed by atoms with Crippen molar-refractivity contribution < 1.29 is 0 Å². The highest BCUT2D eigenvalue weighted by atomic mass is 32.1. The van der Waals surface area contributed by atoms with Gasteiger partial charge < -0.3 is 0 Å². The molecule has 0 aliphatic carbocycles. The van der Waals surface area contributed by atoms with E-state index in [-0.39, 0.29) is 0 Å². The van der Waals surface area contributed by atoms with E-state index >= 15 is 0 Å². The SMILES string of the molecule is CN(/N=C/C/C=N/N(C)C(=S)c1ccccc1)C(=S)c1ccccc1. The summed E-state index contributed by atoms with van der Waals surface area (Å²) < 4.78 is 0. The highest BCUT2D eigenvalue weighted by Gasteiger charge is 2.05. The maximum absolute atomic E-state index is 5.40. The Balaban J connectivity index is 1.83. The quantitative estimate of drug-likeness (QED) is 0.439. The van der Waals surface area contributed by atoms with Crippen LogP contribution in [0.1, 0.15) is 17.5 Å². The van der Waals surface area contributed by atoms with E-state index in [0.717, 1.165) is 11.1 Å². The number of benzene rings is 2. The average molecular weight is 369 g/mol. The van der Waals surface area contributed by atoms with Crippen LogP contribution < -0.4 is 0 Å². The molecule has 0 radical (unpaired) electrons. The Morgan fingerprint density at radius 2 is 1.12 bits per heavy atom. The first-order valence-electron chi connectivity index (χ1n) is 7.80. The van der Waals surface area contributed by atoms with Crippen LogP contribution >= 0.6 is 24.4 Å². The number of hydrazone groups is 2. The number of nitrogens with zero attached hydrogens (tertiary/aromatic N) is 4. The second kappa shape index (κ2) is 9.76. The summed E-state index contributed by atoms with van der Waals surface area (Å²) in [6, 6.07) is 19.6. The Morgan fingerprint density at radius 1 is 0.760 bits per heavy atom. The van der Waals surface area contributed by atoms with Crippen molar-refractivity contribution in [3.8, 4) is 0 Å². The van der Waals surface area contributed by atoms with Gasteiger partial charge >= 0.3 is 0 Å². The van der Waals surface area contributed by atoms with Gasteiger partial charge in [-0.25, -0.2) is 0 Å². The minimum atomic E-state index is 0.587. The van der Waals surface area contributed by atoms with Crippen LogP contribution in [0, 0.1) is 0 Å². The van der Waals surface area contributed by atoms with Crippen LogP contribution in [-0.2, 0) is 0 Å². The number of hydrogen-bond acceptors (Lipinski definition) is 4. The van der Waals surface area contributed by atoms with Gasteiger partial charge in [0, 0.05) is 44.1 Å². The molecule has 2 aromatic rings. The molecule has 0 heterocycles. The molecule has 0 aliphatic heterocycles. The van der Waals surface area contributed by atoms with Crippen molar-refractivity contribution in [2.24, 2.45) is 10.2 Å².